The van der Waals surface area contributed by atoms with E-state index in [-0.39, 0.29) is 18.1 Å². The minimum atomic E-state index is 0.157. The molecular formula is C22H21N3O2S. The third kappa shape index (κ3) is 3.16. The summed E-state index contributed by atoms with van der Waals surface area (Å²) in [7, 11) is 0. The standard InChI is InChI=1S/C22H21N3O2S/c1-3-27-18-12-8-7-11-16(18)25-13-17(26)19(21(25)23)22-24-20(14(2)28-22)15-9-5-4-6-10-15/h4-12,23,26H,3,13H2,1-2H3. The molecule has 0 spiro atoms. The highest BCUT2D eigenvalue weighted by Crippen LogP contribution is 2.39. The van der Waals surface area contributed by atoms with Crippen LogP contribution in [0.25, 0.3) is 16.8 Å². The zero-order chi connectivity index (χ0) is 19.7. The SMILES string of the molecule is CCOc1ccccc1N1CC(O)=C(c2nc(-c3ccccc3)c(C)s2)C1=N. The minimum Gasteiger partial charge on any atom is -0.510 e. The van der Waals surface area contributed by atoms with E-state index in [1.54, 1.807) is 4.90 Å². The van der Waals surface area contributed by atoms with Gasteiger partial charge in [-0.2, -0.15) is 0 Å². The first kappa shape index (κ1) is 18.3. The predicted molar refractivity (Wildman–Crippen MR) is 115 cm³/mol. The van der Waals surface area contributed by atoms with Crippen molar-refractivity contribution in [2.45, 2.75) is 13.8 Å². The first-order valence-corrected chi connectivity index (χ1v) is 9.95. The number of benzene rings is 2. The number of aryl methyl sites for hydroxylation is 1. The summed E-state index contributed by atoms with van der Waals surface area (Å²) in [6.45, 7) is 4.71. The number of aliphatic hydroxyl groups excluding tert-OH is 1. The predicted octanol–water partition coefficient (Wildman–Crippen LogP) is 5.28. The molecule has 2 N–H and O–H groups in total. The van der Waals surface area contributed by atoms with Gasteiger partial charge in [-0.25, -0.2) is 4.98 Å². The minimum absolute atomic E-state index is 0.157. The summed E-state index contributed by atoms with van der Waals surface area (Å²) in [5.41, 5.74) is 3.18. The Kier molecular flexibility index (Phi) is 4.88. The van der Waals surface area contributed by atoms with Crippen molar-refractivity contribution in [3.8, 4) is 17.0 Å². The second kappa shape index (κ2) is 7.48. The summed E-state index contributed by atoms with van der Waals surface area (Å²) in [4.78, 5) is 7.57. The fraction of sp³-hybridized carbons (Fsp3) is 0.182. The number of para-hydroxylation sites is 2. The number of hydrogen-bond acceptors (Lipinski definition) is 5. The van der Waals surface area contributed by atoms with Gasteiger partial charge in [-0.15, -0.1) is 11.3 Å². The second-order valence-corrected chi connectivity index (χ2v) is 7.65. The lowest BCUT2D eigenvalue weighted by molar-refractivity contribution is 0.341. The summed E-state index contributed by atoms with van der Waals surface area (Å²) in [5.74, 6) is 1.09. The third-order valence-corrected chi connectivity index (χ3v) is 5.61. The molecule has 0 aliphatic carbocycles. The zero-order valence-electron chi connectivity index (χ0n) is 15.8. The molecule has 2 aromatic carbocycles. The summed E-state index contributed by atoms with van der Waals surface area (Å²) in [6, 6.07) is 17.6. The fourth-order valence-corrected chi connectivity index (χ4v) is 4.34. The van der Waals surface area contributed by atoms with Crippen LogP contribution in [0, 0.1) is 12.3 Å². The average molecular weight is 391 g/mol. The number of aliphatic hydroxyl groups is 1. The summed E-state index contributed by atoms with van der Waals surface area (Å²) < 4.78 is 5.70. The van der Waals surface area contributed by atoms with E-state index in [4.69, 9.17) is 15.1 Å². The molecule has 0 radical (unpaired) electrons. The van der Waals surface area contributed by atoms with Gasteiger partial charge in [0, 0.05) is 10.4 Å². The molecule has 0 atom stereocenters. The molecular weight excluding hydrogens is 370 g/mol. The normalized spacial score (nSPS) is 14.1. The van der Waals surface area contributed by atoms with Crippen LogP contribution in [0.4, 0.5) is 5.69 Å². The average Bonchev–Trinajstić information content (AvgIpc) is 3.22. The Morgan fingerprint density at radius 1 is 1.14 bits per heavy atom. The summed E-state index contributed by atoms with van der Waals surface area (Å²) in [6.07, 6.45) is 0. The number of thiazole rings is 1. The Hall–Kier alpha value is -3.12. The van der Waals surface area contributed by atoms with Crippen molar-refractivity contribution in [2.75, 3.05) is 18.1 Å². The van der Waals surface area contributed by atoms with Gasteiger partial charge < -0.3 is 14.7 Å². The van der Waals surface area contributed by atoms with Crippen LogP contribution in [-0.4, -0.2) is 29.1 Å². The molecule has 142 valence electrons. The quantitative estimate of drug-likeness (QED) is 0.620. The highest BCUT2D eigenvalue weighted by Gasteiger charge is 2.33. The van der Waals surface area contributed by atoms with Crippen LogP contribution < -0.4 is 9.64 Å². The van der Waals surface area contributed by atoms with Crippen molar-refractivity contribution in [2.24, 2.45) is 0 Å². The summed E-state index contributed by atoms with van der Waals surface area (Å²) >= 11 is 1.50. The monoisotopic (exact) mass is 391 g/mol. The highest BCUT2D eigenvalue weighted by atomic mass is 32.1. The lowest BCUT2D eigenvalue weighted by Crippen LogP contribution is -2.26. The van der Waals surface area contributed by atoms with Gasteiger partial charge in [0.05, 0.1) is 30.1 Å². The van der Waals surface area contributed by atoms with Gasteiger partial charge >= 0.3 is 0 Å². The highest BCUT2D eigenvalue weighted by molar-refractivity contribution is 7.13. The maximum Gasteiger partial charge on any atom is 0.142 e. The van der Waals surface area contributed by atoms with Crippen molar-refractivity contribution < 1.29 is 9.84 Å². The van der Waals surface area contributed by atoms with Crippen molar-refractivity contribution in [1.82, 2.24) is 4.98 Å². The van der Waals surface area contributed by atoms with Crippen LogP contribution in [0.5, 0.6) is 5.75 Å². The Balaban J connectivity index is 1.69. The molecule has 4 rings (SSSR count). The molecule has 6 heteroatoms. The van der Waals surface area contributed by atoms with E-state index < -0.39 is 0 Å². The lowest BCUT2D eigenvalue weighted by Gasteiger charge is -2.21. The number of anilines is 1. The number of nitrogens with one attached hydrogen (secondary N) is 1. The molecule has 0 unspecified atom stereocenters. The Labute approximate surface area is 168 Å². The largest absolute Gasteiger partial charge is 0.510 e. The van der Waals surface area contributed by atoms with E-state index in [0.717, 1.165) is 21.8 Å². The van der Waals surface area contributed by atoms with Crippen LogP contribution in [0.2, 0.25) is 0 Å². The number of aromatic nitrogens is 1. The molecule has 0 saturated carbocycles. The van der Waals surface area contributed by atoms with Crippen LogP contribution >= 0.6 is 11.3 Å². The number of amidine groups is 1. The number of hydrogen-bond donors (Lipinski definition) is 2. The molecule has 1 aliphatic heterocycles. The first-order chi connectivity index (χ1) is 13.6. The summed E-state index contributed by atoms with van der Waals surface area (Å²) in [5, 5.41) is 20.0. The molecule has 28 heavy (non-hydrogen) atoms. The van der Waals surface area contributed by atoms with Crippen molar-refractivity contribution in [1.29, 1.82) is 5.41 Å². The van der Waals surface area contributed by atoms with Gasteiger partial charge in [-0.05, 0) is 26.0 Å². The molecule has 2 heterocycles. The molecule has 1 aromatic heterocycles. The number of nitrogens with zero attached hydrogens (tertiary/aromatic N) is 2. The smallest absolute Gasteiger partial charge is 0.142 e. The maximum atomic E-state index is 10.7. The van der Waals surface area contributed by atoms with E-state index >= 15 is 0 Å². The van der Waals surface area contributed by atoms with Crippen LogP contribution in [0.15, 0.2) is 60.4 Å². The zero-order valence-corrected chi connectivity index (χ0v) is 16.6. The van der Waals surface area contributed by atoms with Gasteiger partial charge in [-0.3, -0.25) is 5.41 Å². The second-order valence-electron chi connectivity index (χ2n) is 6.45. The Morgan fingerprint density at radius 2 is 1.86 bits per heavy atom. The van der Waals surface area contributed by atoms with Crippen molar-refractivity contribution in [3.05, 3.63) is 70.2 Å². The molecule has 5 nitrogen and oxygen atoms in total. The van der Waals surface area contributed by atoms with E-state index in [2.05, 4.69) is 0 Å². The number of rotatable bonds is 5. The van der Waals surface area contributed by atoms with Crippen LogP contribution in [-0.2, 0) is 0 Å². The fourth-order valence-electron chi connectivity index (χ4n) is 3.33. The van der Waals surface area contributed by atoms with E-state index in [0.29, 0.717) is 22.9 Å². The molecule has 0 fully saturated rings. The van der Waals surface area contributed by atoms with Crippen LogP contribution in [0.3, 0.4) is 0 Å². The maximum absolute atomic E-state index is 10.7. The van der Waals surface area contributed by atoms with Crippen LogP contribution in [0.1, 0.15) is 16.8 Å². The van der Waals surface area contributed by atoms with Gasteiger partial charge in [-0.1, -0.05) is 42.5 Å². The molecule has 0 bridgehead atoms. The Morgan fingerprint density at radius 3 is 2.61 bits per heavy atom. The van der Waals surface area contributed by atoms with Crippen molar-refractivity contribution in [3.63, 3.8) is 0 Å². The van der Waals surface area contributed by atoms with Gasteiger partial charge in [0.1, 0.15) is 22.4 Å². The first-order valence-electron chi connectivity index (χ1n) is 9.13. The third-order valence-electron chi connectivity index (χ3n) is 4.62. The van der Waals surface area contributed by atoms with Crippen molar-refractivity contribution >= 4 is 28.4 Å². The topological polar surface area (TPSA) is 69.4 Å². The lowest BCUT2D eigenvalue weighted by atomic mass is 10.1. The Bertz CT molecular complexity index is 1060. The van der Waals surface area contributed by atoms with Gasteiger partial charge in [0.25, 0.3) is 0 Å². The van der Waals surface area contributed by atoms with Gasteiger partial charge in [0.15, 0.2) is 0 Å². The molecule has 3 aromatic rings. The number of ether oxygens (including phenoxy) is 1. The van der Waals surface area contributed by atoms with Gasteiger partial charge in [0.2, 0.25) is 0 Å². The van der Waals surface area contributed by atoms with E-state index in [1.165, 1.54) is 11.3 Å². The molecule has 0 amide bonds. The molecule has 0 saturated heterocycles. The van der Waals surface area contributed by atoms with E-state index in [1.807, 2.05) is 68.4 Å². The molecule has 1 aliphatic rings. The van der Waals surface area contributed by atoms with E-state index in [9.17, 15) is 5.11 Å².